The summed E-state index contributed by atoms with van der Waals surface area (Å²) in [5.74, 6) is -2.06. The van der Waals surface area contributed by atoms with Crippen molar-refractivity contribution in [2.45, 2.75) is 18.0 Å². The highest BCUT2D eigenvalue weighted by Crippen LogP contribution is 2.60. The molecular weight excluding hydrogens is 477 g/mol. The van der Waals surface area contributed by atoms with Crippen LogP contribution in [0.1, 0.15) is 48.1 Å². The van der Waals surface area contributed by atoms with E-state index in [-0.39, 0.29) is 17.3 Å². The Hall–Kier alpha value is -4.64. The lowest BCUT2D eigenvalue weighted by Crippen LogP contribution is -2.48. The fraction of sp³-hybridized carbons (Fsp3) is 0.121. The molecule has 0 saturated carbocycles. The van der Waals surface area contributed by atoms with Gasteiger partial charge in [0.2, 0.25) is 0 Å². The quantitative estimate of drug-likeness (QED) is 0.251. The molecule has 0 radical (unpaired) electrons. The van der Waals surface area contributed by atoms with Crippen molar-refractivity contribution in [2.24, 2.45) is 5.41 Å². The van der Waals surface area contributed by atoms with E-state index in [9.17, 15) is 18.8 Å². The topological polar surface area (TPSA) is 54.5 Å². The molecule has 7 rings (SSSR count). The molecule has 184 valence electrons. The molecule has 1 aliphatic carbocycles. The molecular formula is C33H22FNO3. The summed E-state index contributed by atoms with van der Waals surface area (Å²) in [5.41, 5.74) is 1.91. The van der Waals surface area contributed by atoms with Crippen molar-refractivity contribution in [3.8, 4) is 0 Å². The molecule has 1 spiro atoms. The first kappa shape index (κ1) is 22.5. The summed E-state index contributed by atoms with van der Waals surface area (Å²) in [5, 5.41) is 0. The number of ketones is 3. The van der Waals surface area contributed by atoms with Gasteiger partial charge in [-0.05, 0) is 29.3 Å². The van der Waals surface area contributed by atoms with Crippen molar-refractivity contribution in [3.63, 3.8) is 0 Å². The smallest absolute Gasteiger partial charge is 0.185 e. The first-order valence-corrected chi connectivity index (χ1v) is 12.6. The average Bonchev–Trinajstić information content (AvgIpc) is 3.40. The summed E-state index contributed by atoms with van der Waals surface area (Å²) in [4.78, 5) is 45.4. The number of carbonyl (C=O) groups is 3. The van der Waals surface area contributed by atoms with Gasteiger partial charge in [0, 0.05) is 28.3 Å². The second-order valence-electron chi connectivity index (χ2n) is 10.0. The van der Waals surface area contributed by atoms with Crippen LogP contribution in [0.3, 0.4) is 0 Å². The number of hydrogen-bond acceptors (Lipinski definition) is 4. The summed E-state index contributed by atoms with van der Waals surface area (Å²) in [6.07, 6.45) is 3.82. The number of fused-ring (bicyclic) bond motifs is 5. The van der Waals surface area contributed by atoms with E-state index in [1.54, 1.807) is 60.7 Å². The Kier molecular flexibility index (Phi) is 4.86. The highest BCUT2D eigenvalue weighted by molar-refractivity contribution is 6.32. The summed E-state index contributed by atoms with van der Waals surface area (Å²) in [7, 11) is 0. The van der Waals surface area contributed by atoms with Crippen LogP contribution in [0.2, 0.25) is 0 Å². The van der Waals surface area contributed by atoms with Crippen molar-refractivity contribution in [3.05, 3.63) is 143 Å². The van der Waals surface area contributed by atoms with Crippen molar-refractivity contribution < 1.29 is 18.8 Å². The molecule has 0 N–H and O–H groups in total. The van der Waals surface area contributed by atoms with E-state index in [0.29, 0.717) is 22.3 Å². The van der Waals surface area contributed by atoms with E-state index < -0.39 is 29.2 Å². The van der Waals surface area contributed by atoms with Crippen LogP contribution in [0.15, 0.2) is 109 Å². The third-order valence-corrected chi connectivity index (χ3v) is 8.27. The summed E-state index contributed by atoms with van der Waals surface area (Å²) >= 11 is 0. The Morgan fingerprint density at radius 2 is 1.34 bits per heavy atom. The lowest BCUT2D eigenvalue weighted by atomic mass is 9.64. The first-order valence-electron chi connectivity index (χ1n) is 12.6. The van der Waals surface area contributed by atoms with E-state index in [4.69, 9.17) is 0 Å². The van der Waals surface area contributed by atoms with E-state index in [0.717, 1.165) is 11.3 Å². The van der Waals surface area contributed by atoms with Crippen LogP contribution < -0.4 is 4.90 Å². The van der Waals surface area contributed by atoms with Crippen molar-refractivity contribution >= 4 is 29.1 Å². The Bertz CT molecular complexity index is 1620. The number of Topliss-reactive ketones (excluding diaryl/α,β-unsaturated/α-hetero) is 3. The largest absolute Gasteiger partial charge is 0.352 e. The van der Waals surface area contributed by atoms with Gasteiger partial charge in [-0.15, -0.1) is 0 Å². The minimum absolute atomic E-state index is 0.191. The standard InChI is InChI=1S/C33H22FNO3/c34-23-17-14-21(15-18-23)28-29(30(36)22-9-2-1-3-10-22)35-26-13-7-4-8-20(26)16-19-27(35)33(28)31(37)24-11-5-6-12-25(24)32(33)38/h1-19,27-29H. The molecule has 3 unspecified atom stereocenters. The normalized spacial score (nSPS) is 22.3. The number of hydrogen-bond donors (Lipinski definition) is 0. The summed E-state index contributed by atoms with van der Waals surface area (Å²) in [6, 6.07) is 27.8. The maximum absolute atomic E-state index is 14.5. The van der Waals surface area contributed by atoms with Crippen LogP contribution >= 0.6 is 0 Å². The molecule has 3 atom stereocenters. The van der Waals surface area contributed by atoms with Gasteiger partial charge in [0.25, 0.3) is 0 Å². The summed E-state index contributed by atoms with van der Waals surface area (Å²) in [6.45, 7) is 0. The van der Waals surface area contributed by atoms with E-state index in [1.165, 1.54) is 12.1 Å². The molecule has 0 amide bonds. The van der Waals surface area contributed by atoms with E-state index >= 15 is 0 Å². The maximum atomic E-state index is 14.5. The van der Waals surface area contributed by atoms with Crippen LogP contribution in [0, 0.1) is 11.2 Å². The number of para-hydroxylation sites is 1. The zero-order valence-corrected chi connectivity index (χ0v) is 20.3. The van der Waals surface area contributed by atoms with Crippen LogP contribution in [-0.4, -0.2) is 29.4 Å². The number of rotatable bonds is 3. The fourth-order valence-electron chi connectivity index (χ4n) is 6.73. The number of nitrogens with zero attached hydrogens (tertiary/aromatic N) is 1. The highest BCUT2D eigenvalue weighted by Gasteiger charge is 2.71. The first-order chi connectivity index (χ1) is 18.5. The molecule has 2 aliphatic heterocycles. The van der Waals surface area contributed by atoms with Gasteiger partial charge in [-0.25, -0.2) is 4.39 Å². The van der Waals surface area contributed by atoms with Gasteiger partial charge in [-0.2, -0.15) is 0 Å². The number of halogens is 1. The molecule has 0 bridgehead atoms. The van der Waals surface area contributed by atoms with Crippen LogP contribution in [-0.2, 0) is 0 Å². The van der Waals surface area contributed by atoms with Crippen LogP contribution in [0.25, 0.3) is 6.08 Å². The average molecular weight is 500 g/mol. The number of carbonyl (C=O) groups excluding carboxylic acids is 3. The highest BCUT2D eigenvalue weighted by atomic mass is 19.1. The lowest BCUT2D eigenvalue weighted by Gasteiger charge is -2.37. The molecule has 4 aromatic rings. The molecule has 2 heterocycles. The van der Waals surface area contributed by atoms with Crippen molar-refractivity contribution in [1.29, 1.82) is 0 Å². The monoisotopic (exact) mass is 499 g/mol. The van der Waals surface area contributed by atoms with Gasteiger partial charge >= 0.3 is 0 Å². The molecule has 1 saturated heterocycles. The molecule has 4 nitrogen and oxygen atoms in total. The predicted octanol–water partition coefficient (Wildman–Crippen LogP) is 6.14. The van der Waals surface area contributed by atoms with Crippen molar-refractivity contribution in [2.75, 3.05) is 4.90 Å². The molecule has 0 aromatic heterocycles. The van der Waals surface area contributed by atoms with E-state index in [2.05, 4.69) is 0 Å². The molecule has 38 heavy (non-hydrogen) atoms. The third kappa shape index (κ3) is 2.87. The Labute approximate surface area is 219 Å². The zero-order chi connectivity index (χ0) is 26.0. The zero-order valence-electron chi connectivity index (χ0n) is 20.3. The molecule has 4 aromatic carbocycles. The van der Waals surface area contributed by atoms with Gasteiger partial charge in [0.15, 0.2) is 17.3 Å². The maximum Gasteiger partial charge on any atom is 0.185 e. The second kappa shape index (κ2) is 8.18. The van der Waals surface area contributed by atoms with Crippen LogP contribution in [0.4, 0.5) is 10.1 Å². The Morgan fingerprint density at radius 3 is 2.03 bits per heavy atom. The molecule has 5 heteroatoms. The summed E-state index contributed by atoms with van der Waals surface area (Å²) < 4.78 is 14.1. The van der Waals surface area contributed by atoms with Crippen molar-refractivity contribution in [1.82, 2.24) is 0 Å². The lowest BCUT2D eigenvalue weighted by molar-refractivity contribution is 0.0666. The minimum atomic E-state index is -1.58. The van der Waals surface area contributed by atoms with Gasteiger partial charge in [0.1, 0.15) is 17.3 Å². The predicted molar refractivity (Wildman–Crippen MR) is 143 cm³/mol. The number of benzene rings is 4. The fourth-order valence-corrected chi connectivity index (χ4v) is 6.73. The second-order valence-corrected chi connectivity index (χ2v) is 10.0. The van der Waals surface area contributed by atoms with Gasteiger partial charge in [0.05, 0.1) is 6.04 Å². The number of anilines is 1. The minimum Gasteiger partial charge on any atom is -0.352 e. The van der Waals surface area contributed by atoms with Gasteiger partial charge < -0.3 is 4.90 Å². The molecule has 3 aliphatic rings. The van der Waals surface area contributed by atoms with Gasteiger partial charge in [-0.3, -0.25) is 14.4 Å². The SMILES string of the molecule is O=C(c1ccccc1)C1C(c2ccc(F)cc2)C2(C(=O)c3ccccc3C2=O)C2C=Cc3ccccc3N12. The van der Waals surface area contributed by atoms with Crippen LogP contribution in [0.5, 0.6) is 0 Å². The Balaban J connectivity index is 1.55. The van der Waals surface area contributed by atoms with E-state index in [1.807, 2.05) is 47.4 Å². The molecule has 1 fully saturated rings. The third-order valence-electron chi connectivity index (χ3n) is 8.27. The Morgan fingerprint density at radius 1 is 0.737 bits per heavy atom. The van der Waals surface area contributed by atoms with Gasteiger partial charge in [-0.1, -0.05) is 97.1 Å².